The first kappa shape index (κ1) is 12.1. The summed E-state index contributed by atoms with van der Waals surface area (Å²) in [7, 11) is 0. The Kier molecular flexibility index (Phi) is 3.65. The summed E-state index contributed by atoms with van der Waals surface area (Å²) in [6.45, 7) is 4.11. The van der Waals surface area contributed by atoms with Gasteiger partial charge in [0.25, 0.3) is 0 Å². The Hall–Kier alpha value is -0.410. The zero-order chi connectivity index (χ0) is 11.7. The summed E-state index contributed by atoms with van der Waals surface area (Å²) in [5, 5.41) is 0.640. The van der Waals surface area contributed by atoms with Gasteiger partial charge in [-0.25, -0.2) is 0 Å². The molecule has 86 valence electrons. The first-order valence-electron chi connectivity index (χ1n) is 5.53. The van der Waals surface area contributed by atoms with Crippen molar-refractivity contribution in [3.05, 3.63) is 29.3 Å². The van der Waals surface area contributed by atoms with Gasteiger partial charge in [0.2, 0.25) is 0 Å². The number of carbonyl (C=O) groups excluding carboxylic acids is 1. The van der Waals surface area contributed by atoms with E-state index in [1.54, 1.807) is 0 Å². The third-order valence-corrected chi connectivity index (χ3v) is 5.02. The highest BCUT2D eigenvalue weighted by Gasteiger charge is 2.29. The van der Waals surface area contributed by atoms with Crippen molar-refractivity contribution in [3.63, 3.8) is 0 Å². The average molecular weight is 252 g/mol. The fourth-order valence-electron chi connectivity index (χ4n) is 2.06. The van der Waals surface area contributed by atoms with Crippen LogP contribution in [0.4, 0.5) is 0 Å². The van der Waals surface area contributed by atoms with Gasteiger partial charge in [0, 0.05) is 16.6 Å². The third-order valence-electron chi connectivity index (χ3n) is 3.14. The Morgan fingerprint density at radius 2 is 2.25 bits per heavy atom. The van der Waals surface area contributed by atoms with E-state index in [1.807, 2.05) is 30.8 Å². The molecule has 0 bridgehead atoms. The van der Waals surface area contributed by atoms with Crippen LogP contribution in [-0.2, 0) is 11.2 Å². The van der Waals surface area contributed by atoms with Crippen molar-refractivity contribution in [2.45, 2.75) is 42.1 Å². The maximum atomic E-state index is 11.5. The molecule has 1 aromatic rings. The van der Waals surface area contributed by atoms with Crippen molar-refractivity contribution in [2.75, 3.05) is 0 Å². The van der Waals surface area contributed by atoms with E-state index in [0.29, 0.717) is 11.0 Å². The number of hydrogen-bond acceptors (Lipinski definition) is 3. The molecule has 1 aromatic carbocycles. The summed E-state index contributed by atoms with van der Waals surface area (Å²) in [4.78, 5) is 12.5. The molecule has 3 heteroatoms. The van der Waals surface area contributed by atoms with Gasteiger partial charge in [-0.3, -0.25) is 4.79 Å². The zero-order valence-electron chi connectivity index (χ0n) is 9.56. The van der Waals surface area contributed by atoms with Crippen molar-refractivity contribution in [1.29, 1.82) is 0 Å². The Labute approximate surface area is 106 Å². The molecule has 0 spiro atoms. The number of ketones is 1. The number of thiol groups is 1. The first-order valence-corrected chi connectivity index (χ1v) is 6.92. The molecule has 2 unspecified atom stereocenters. The van der Waals surface area contributed by atoms with Crippen LogP contribution in [0, 0.1) is 6.92 Å². The molecule has 0 amide bonds. The molecule has 0 saturated carbocycles. The molecular formula is C13H16OS2. The van der Waals surface area contributed by atoms with E-state index in [9.17, 15) is 4.79 Å². The highest BCUT2D eigenvalue weighted by molar-refractivity contribution is 8.01. The third kappa shape index (κ3) is 2.46. The molecule has 1 nitrogen and oxygen atoms in total. The molecule has 0 N–H and O–H groups in total. The lowest BCUT2D eigenvalue weighted by Gasteiger charge is -2.12. The van der Waals surface area contributed by atoms with Crippen LogP contribution in [0.1, 0.15) is 24.5 Å². The second-order valence-corrected chi connectivity index (χ2v) is 6.46. The lowest BCUT2D eigenvalue weighted by molar-refractivity contribution is -0.117. The van der Waals surface area contributed by atoms with Gasteiger partial charge in [0.15, 0.2) is 0 Å². The lowest BCUT2D eigenvalue weighted by atomic mass is 10.0. The van der Waals surface area contributed by atoms with E-state index in [2.05, 4.69) is 25.6 Å². The van der Waals surface area contributed by atoms with E-state index in [0.717, 1.165) is 17.7 Å². The van der Waals surface area contributed by atoms with Gasteiger partial charge in [-0.15, -0.1) is 24.4 Å². The quantitative estimate of drug-likeness (QED) is 0.814. The summed E-state index contributed by atoms with van der Waals surface area (Å²) >= 11 is 6.23. The van der Waals surface area contributed by atoms with Crippen LogP contribution in [-0.4, -0.2) is 16.3 Å². The molecule has 1 heterocycles. The van der Waals surface area contributed by atoms with Gasteiger partial charge >= 0.3 is 0 Å². The number of rotatable bonds is 2. The van der Waals surface area contributed by atoms with Crippen molar-refractivity contribution in [1.82, 2.24) is 0 Å². The summed E-state index contributed by atoms with van der Waals surface area (Å²) in [6, 6.07) is 6.19. The van der Waals surface area contributed by atoms with E-state index in [1.165, 1.54) is 11.1 Å². The summed E-state index contributed by atoms with van der Waals surface area (Å²) in [5.41, 5.74) is 2.57. The largest absolute Gasteiger partial charge is 0.298 e. The Bertz CT molecular complexity index is 414. The molecule has 1 saturated heterocycles. The standard InChI is InChI=1S/C13H16OS2/c1-8-10(4-3-5-13(8)15)6-11-7-12(14)9(2)16-11/h3-5,9,11,15H,6-7H2,1-2H3. The zero-order valence-corrected chi connectivity index (χ0v) is 11.3. The van der Waals surface area contributed by atoms with Crippen LogP contribution in [0.3, 0.4) is 0 Å². The van der Waals surface area contributed by atoms with Crippen LogP contribution < -0.4 is 0 Å². The highest BCUT2D eigenvalue weighted by Crippen LogP contribution is 2.33. The van der Waals surface area contributed by atoms with Crippen LogP contribution in [0.5, 0.6) is 0 Å². The average Bonchev–Trinajstić information content (AvgIpc) is 2.54. The van der Waals surface area contributed by atoms with E-state index in [-0.39, 0.29) is 5.25 Å². The van der Waals surface area contributed by atoms with Crippen LogP contribution in [0.15, 0.2) is 23.1 Å². The molecule has 2 rings (SSSR count). The highest BCUT2D eigenvalue weighted by atomic mass is 32.2. The second-order valence-electron chi connectivity index (χ2n) is 4.34. The summed E-state index contributed by atoms with van der Waals surface area (Å²) in [6.07, 6.45) is 1.71. The number of thioether (sulfide) groups is 1. The minimum absolute atomic E-state index is 0.185. The smallest absolute Gasteiger partial charge is 0.146 e. The molecule has 0 aromatic heterocycles. The predicted molar refractivity (Wildman–Crippen MR) is 72.6 cm³/mol. The predicted octanol–water partition coefficient (Wildman–Crippen LogP) is 3.29. The topological polar surface area (TPSA) is 17.1 Å². The second kappa shape index (κ2) is 4.84. The minimum atomic E-state index is 0.185. The first-order chi connectivity index (χ1) is 7.58. The van der Waals surface area contributed by atoms with Crippen LogP contribution in [0.25, 0.3) is 0 Å². The van der Waals surface area contributed by atoms with Crippen molar-refractivity contribution in [3.8, 4) is 0 Å². The number of hydrogen-bond donors (Lipinski definition) is 1. The molecule has 1 aliphatic heterocycles. The Morgan fingerprint density at radius 1 is 1.50 bits per heavy atom. The van der Waals surface area contributed by atoms with Crippen LogP contribution in [0.2, 0.25) is 0 Å². The fourth-order valence-corrected chi connectivity index (χ4v) is 3.65. The van der Waals surface area contributed by atoms with Gasteiger partial charge in [-0.2, -0.15) is 0 Å². The normalized spacial score (nSPS) is 25.1. The Morgan fingerprint density at radius 3 is 2.88 bits per heavy atom. The molecular weight excluding hydrogens is 236 g/mol. The van der Waals surface area contributed by atoms with E-state index in [4.69, 9.17) is 0 Å². The Balaban J connectivity index is 2.10. The van der Waals surface area contributed by atoms with Crippen molar-refractivity contribution in [2.24, 2.45) is 0 Å². The maximum absolute atomic E-state index is 11.5. The SMILES string of the molecule is Cc1c(S)cccc1CC1CC(=O)C(C)S1. The fraction of sp³-hybridized carbons (Fsp3) is 0.462. The number of carbonyl (C=O) groups is 1. The molecule has 2 atom stereocenters. The molecule has 16 heavy (non-hydrogen) atoms. The number of benzene rings is 1. The van der Waals surface area contributed by atoms with Gasteiger partial charge in [0.05, 0.1) is 5.25 Å². The minimum Gasteiger partial charge on any atom is -0.298 e. The lowest BCUT2D eigenvalue weighted by Crippen LogP contribution is -2.06. The maximum Gasteiger partial charge on any atom is 0.146 e. The molecule has 1 fully saturated rings. The molecule has 0 radical (unpaired) electrons. The van der Waals surface area contributed by atoms with Gasteiger partial charge in [-0.1, -0.05) is 12.1 Å². The van der Waals surface area contributed by atoms with E-state index >= 15 is 0 Å². The molecule has 0 aliphatic carbocycles. The van der Waals surface area contributed by atoms with Gasteiger partial charge < -0.3 is 0 Å². The van der Waals surface area contributed by atoms with E-state index < -0.39 is 0 Å². The monoisotopic (exact) mass is 252 g/mol. The molecule has 1 aliphatic rings. The number of Topliss-reactive ketones (excluding diaryl/α,β-unsaturated/α-hetero) is 1. The van der Waals surface area contributed by atoms with Gasteiger partial charge in [-0.05, 0) is 37.5 Å². The van der Waals surface area contributed by atoms with Crippen molar-refractivity contribution >= 4 is 30.2 Å². The summed E-state index contributed by atoms with van der Waals surface area (Å²) < 4.78 is 0. The summed E-state index contributed by atoms with van der Waals surface area (Å²) in [5.74, 6) is 0.398. The van der Waals surface area contributed by atoms with Crippen LogP contribution >= 0.6 is 24.4 Å². The van der Waals surface area contributed by atoms with Gasteiger partial charge in [0.1, 0.15) is 5.78 Å². The van der Waals surface area contributed by atoms with Crippen molar-refractivity contribution < 1.29 is 4.79 Å².